The molecule has 72 valence electrons. The van der Waals surface area contributed by atoms with Crippen LogP contribution in [0.3, 0.4) is 0 Å². The Labute approximate surface area is 80.6 Å². The van der Waals surface area contributed by atoms with Gasteiger partial charge >= 0.3 is 0 Å². The van der Waals surface area contributed by atoms with Crippen LogP contribution in [0.2, 0.25) is 0 Å². The number of hydrogen-bond acceptors (Lipinski definition) is 2. The molecule has 0 unspecified atom stereocenters. The second kappa shape index (κ2) is 4.38. The molecular formula is C11H18N2. The van der Waals surface area contributed by atoms with Gasteiger partial charge in [-0.2, -0.15) is 0 Å². The zero-order valence-electron chi connectivity index (χ0n) is 8.91. The fourth-order valence-electron chi connectivity index (χ4n) is 1.14. The van der Waals surface area contributed by atoms with Gasteiger partial charge in [0.2, 0.25) is 0 Å². The molecule has 0 aliphatic rings. The van der Waals surface area contributed by atoms with Crippen LogP contribution in [-0.2, 0) is 6.54 Å². The summed E-state index contributed by atoms with van der Waals surface area (Å²) in [7, 11) is 2.14. The minimum Gasteiger partial charge on any atom is -0.300 e. The van der Waals surface area contributed by atoms with Crippen LogP contribution in [0.1, 0.15) is 25.1 Å². The van der Waals surface area contributed by atoms with Gasteiger partial charge in [0.25, 0.3) is 0 Å². The fourth-order valence-corrected chi connectivity index (χ4v) is 1.14. The van der Waals surface area contributed by atoms with E-state index in [1.807, 2.05) is 12.3 Å². The molecule has 0 spiro atoms. The number of aryl methyl sites for hydroxylation is 1. The first kappa shape index (κ1) is 10.2. The Kier molecular flexibility index (Phi) is 3.43. The van der Waals surface area contributed by atoms with E-state index in [2.05, 4.69) is 43.8 Å². The molecule has 13 heavy (non-hydrogen) atoms. The Morgan fingerprint density at radius 1 is 1.46 bits per heavy atom. The third-order valence-electron chi connectivity index (χ3n) is 2.42. The molecule has 0 amide bonds. The summed E-state index contributed by atoms with van der Waals surface area (Å²) in [6, 6.07) is 4.72. The Morgan fingerprint density at radius 3 is 2.69 bits per heavy atom. The highest BCUT2D eigenvalue weighted by Gasteiger charge is 2.05. The molecule has 0 radical (unpaired) electrons. The summed E-state index contributed by atoms with van der Waals surface area (Å²) >= 11 is 0. The molecule has 1 rings (SSSR count). The van der Waals surface area contributed by atoms with Crippen molar-refractivity contribution in [3.05, 3.63) is 29.6 Å². The number of nitrogens with zero attached hydrogens (tertiary/aromatic N) is 2. The SMILES string of the molecule is Cc1ncccc1CN(C)C(C)C. The highest BCUT2D eigenvalue weighted by atomic mass is 15.1. The van der Waals surface area contributed by atoms with Gasteiger partial charge in [0.1, 0.15) is 0 Å². The van der Waals surface area contributed by atoms with E-state index < -0.39 is 0 Å². The van der Waals surface area contributed by atoms with Crippen molar-refractivity contribution in [1.29, 1.82) is 0 Å². The lowest BCUT2D eigenvalue weighted by atomic mass is 10.2. The Bertz CT molecular complexity index is 269. The van der Waals surface area contributed by atoms with Crippen LogP contribution >= 0.6 is 0 Å². The van der Waals surface area contributed by atoms with Crippen molar-refractivity contribution in [2.24, 2.45) is 0 Å². The third-order valence-corrected chi connectivity index (χ3v) is 2.42. The maximum atomic E-state index is 4.26. The summed E-state index contributed by atoms with van der Waals surface area (Å²) < 4.78 is 0. The summed E-state index contributed by atoms with van der Waals surface area (Å²) in [5.41, 5.74) is 2.45. The smallest absolute Gasteiger partial charge is 0.0417 e. The summed E-state index contributed by atoms with van der Waals surface area (Å²) in [5.74, 6) is 0. The fraction of sp³-hybridized carbons (Fsp3) is 0.545. The van der Waals surface area contributed by atoms with Crippen molar-refractivity contribution < 1.29 is 0 Å². The Hall–Kier alpha value is -0.890. The molecule has 0 atom stereocenters. The molecule has 0 aromatic carbocycles. The van der Waals surface area contributed by atoms with Crippen molar-refractivity contribution in [1.82, 2.24) is 9.88 Å². The highest BCUT2D eigenvalue weighted by Crippen LogP contribution is 2.08. The van der Waals surface area contributed by atoms with Gasteiger partial charge in [0.05, 0.1) is 0 Å². The average molecular weight is 178 g/mol. The summed E-state index contributed by atoms with van der Waals surface area (Å²) in [5, 5.41) is 0. The molecule has 0 saturated heterocycles. The molecule has 2 heteroatoms. The van der Waals surface area contributed by atoms with Crippen molar-refractivity contribution in [2.45, 2.75) is 33.4 Å². The molecule has 0 saturated carbocycles. The number of rotatable bonds is 3. The molecule has 1 aromatic rings. The first-order chi connectivity index (χ1) is 6.11. The summed E-state index contributed by atoms with van der Waals surface area (Å²) in [6.45, 7) is 7.44. The van der Waals surface area contributed by atoms with Gasteiger partial charge in [-0.1, -0.05) is 6.07 Å². The first-order valence-electron chi connectivity index (χ1n) is 4.72. The monoisotopic (exact) mass is 178 g/mol. The maximum absolute atomic E-state index is 4.26. The van der Waals surface area contributed by atoms with Crippen LogP contribution in [0, 0.1) is 6.92 Å². The van der Waals surface area contributed by atoms with Crippen LogP contribution in [0.5, 0.6) is 0 Å². The van der Waals surface area contributed by atoms with Crippen LogP contribution in [0.15, 0.2) is 18.3 Å². The first-order valence-corrected chi connectivity index (χ1v) is 4.72. The lowest BCUT2D eigenvalue weighted by molar-refractivity contribution is 0.265. The molecule has 2 nitrogen and oxygen atoms in total. The lowest BCUT2D eigenvalue weighted by Gasteiger charge is -2.21. The van der Waals surface area contributed by atoms with E-state index in [-0.39, 0.29) is 0 Å². The Morgan fingerprint density at radius 2 is 2.15 bits per heavy atom. The van der Waals surface area contributed by atoms with E-state index >= 15 is 0 Å². The normalized spacial score (nSPS) is 11.2. The van der Waals surface area contributed by atoms with E-state index in [1.165, 1.54) is 5.56 Å². The lowest BCUT2D eigenvalue weighted by Crippen LogP contribution is -2.26. The molecule has 0 N–H and O–H groups in total. The topological polar surface area (TPSA) is 16.1 Å². The summed E-state index contributed by atoms with van der Waals surface area (Å²) in [4.78, 5) is 6.57. The van der Waals surface area contributed by atoms with E-state index in [0.717, 1.165) is 12.2 Å². The zero-order chi connectivity index (χ0) is 9.84. The van der Waals surface area contributed by atoms with Gasteiger partial charge in [-0.05, 0) is 39.4 Å². The quantitative estimate of drug-likeness (QED) is 0.705. The van der Waals surface area contributed by atoms with Crippen LogP contribution in [0.25, 0.3) is 0 Å². The minimum atomic E-state index is 0.583. The molecule has 0 bridgehead atoms. The van der Waals surface area contributed by atoms with Gasteiger partial charge in [0, 0.05) is 24.5 Å². The molecule has 1 heterocycles. The molecule has 0 fully saturated rings. The van der Waals surface area contributed by atoms with Gasteiger partial charge in [-0.15, -0.1) is 0 Å². The second-order valence-corrected chi connectivity index (χ2v) is 3.76. The maximum Gasteiger partial charge on any atom is 0.0417 e. The third kappa shape index (κ3) is 2.81. The Balaban J connectivity index is 2.69. The van der Waals surface area contributed by atoms with Gasteiger partial charge < -0.3 is 0 Å². The standard InChI is InChI=1S/C11H18N2/c1-9(2)13(4)8-11-6-5-7-12-10(11)3/h5-7,9H,8H2,1-4H3. The average Bonchev–Trinajstić information content (AvgIpc) is 2.08. The van der Waals surface area contributed by atoms with E-state index in [0.29, 0.717) is 6.04 Å². The number of pyridine rings is 1. The second-order valence-electron chi connectivity index (χ2n) is 3.76. The van der Waals surface area contributed by atoms with E-state index in [4.69, 9.17) is 0 Å². The van der Waals surface area contributed by atoms with Gasteiger partial charge in [0.15, 0.2) is 0 Å². The van der Waals surface area contributed by atoms with Crippen LogP contribution in [0.4, 0.5) is 0 Å². The van der Waals surface area contributed by atoms with Gasteiger partial charge in [-0.25, -0.2) is 0 Å². The molecule has 0 aliphatic heterocycles. The summed E-state index contributed by atoms with van der Waals surface area (Å²) in [6.07, 6.45) is 1.84. The van der Waals surface area contributed by atoms with Crippen molar-refractivity contribution in [2.75, 3.05) is 7.05 Å². The van der Waals surface area contributed by atoms with Crippen molar-refractivity contribution in [3.63, 3.8) is 0 Å². The van der Waals surface area contributed by atoms with E-state index in [1.54, 1.807) is 0 Å². The van der Waals surface area contributed by atoms with Crippen LogP contribution in [-0.4, -0.2) is 23.0 Å². The molecule has 0 aliphatic carbocycles. The largest absolute Gasteiger partial charge is 0.300 e. The van der Waals surface area contributed by atoms with Crippen LogP contribution < -0.4 is 0 Å². The van der Waals surface area contributed by atoms with Crippen molar-refractivity contribution in [3.8, 4) is 0 Å². The van der Waals surface area contributed by atoms with E-state index in [9.17, 15) is 0 Å². The zero-order valence-corrected chi connectivity index (χ0v) is 8.91. The highest BCUT2D eigenvalue weighted by molar-refractivity contribution is 5.17. The minimum absolute atomic E-state index is 0.583. The van der Waals surface area contributed by atoms with Gasteiger partial charge in [-0.3, -0.25) is 9.88 Å². The molecular weight excluding hydrogens is 160 g/mol. The predicted octanol–water partition coefficient (Wildman–Crippen LogP) is 2.23. The number of aromatic nitrogens is 1. The van der Waals surface area contributed by atoms with Crippen molar-refractivity contribution >= 4 is 0 Å². The molecule has 1 aromatic heterocycles. The predicted molar refractivity (Wildman–Crippen MR) is 55.6 cm³/mol. The number of hydrogen-bond donors (Lipinski definition) is 0.